The van der Waals surface area contributed by atoms with E-state index in [1.54, 1.807) is 0 Å². The second-order valence-electron chi connectivity index (χ2n) is 6.88. The van der Waals surface area contributed by atoms with Gasteiger partial charge in [-0.2, -0.15) is 5.10 Å². The number of benzene rings is 2. The minimum Gasteiger partial charge on any atom is -0.263 e. The zero-order chi connectivity index (χ0) is 17.7. The van der Waals surface area contributed by atoms with Gasteiger partial charge in [-0.15, -0.1) is 10.2 Å². The van der Waals surface area contributed by atoms with Crippen LogP contribution in [0.5, 0.6) is 0 Å². The summed E-state index contributed by atoms with van der Waals surface area (Å²) in [4.78, 5) is 0. The van der Waals surface area contributed by atoms with Crippen molar-refractivity contribution < 1.29 is 0 Å². The molecular formula is C20H18ClN5. The fourth-order valence-corrected chi connectivity index (χ4v) is 3.50. The molecule has 0 spiro atoms. The number of nitrogens with zero attached hydrogens (tertiary/aromatic N) is 5. The highest BCUT2D eigenvalue weighted by atomic mass is 35.5. The summed E-state index contributed by atoms with van der Waals surface area (Å²) in [7, 11) is 0. The van der Waals surface area contributed by atoms with E-state index in [-0.39, 0.29) is 0 Å². The summed E-state index contributed by atoms with van der Waals surface area (Å²) in [5.74, 6) is 2.32. The molecule has 0 amide bonds. The minimum atomic E-state index is 0.678. The van der Waals surface area contributed by atoms with Crippen LogP contribution >= 0.6 is 11.6 Å². The smallest absolute Gasteiger partial charge is 0.252 e. The van der Waals surface area contributed by atoms with Crippen LogP contribution in [0.3, 0.4) is 0 Å². The standard InChI is InChI=1S/C20H18ClN5/c1-13-22-23-20-25(12-14-6-7-14)24-19(15-8-10-16(21)11-9-15)17-4-2-3-5-18(17)26(13)20/h2-5,8-11,14H,6-7,12H2,1H3. The molecule has 0 unspecified atom stereocenters. The van der Waals surface area contributed by atoms with Gasteiger partial charge in [-0.25, -0.2) is 5.01 Å². The van der Waals surface area contributed by atoms with Crippen molar-refractivity contribution in [1.29, 1.82) is 0 Å². The fourth-order valence-electron chi connectivity index (χ4n) is 3.38. The Labute approximate surface area is 156 Å². The lowest BCUT2D eigenvalue weighted by Crippen LogP contribution is -2.23. The Morgan fingerprint density at radius 1 is 1.04 bits per heavy atom. The van der Waals surface area contributed by atoms with Crippen LogP contribution in [0.1, 0.15) is 29.8 Å². The van der Waals surface area contributed by atoms with Gasteiger partial charge in [-0.3, -0.25) is 4.57 Å². The van der Waals surface area contributed by atoms with Crippen LogP contribution in [0.2, 0.25) is 5.02 Å². The molecule has 130 valence electrons. The number of hydrogen-bond donors (Lipinski definition) is 0. The van der Waals surface area contributed by atoms with Crippen LogP contribution in [0.25, 0.3) is 5.69 Å². The van der Waals surface area contributed by atoms with E-state index < -0.39 is 0 Å². The van der Waals surface area contributed by atoms with Crippen molar-refractivity contribution in [3.05, 3.63) is 70.5 Å². The summed E-state index contributed by atoms with van der Waals surface area (Å²) in [6, 6.07) is 16.1. The molecule has 1 aliphatic heterocycles. The van der Waals surface area contributed by atoms with Gasteiger partial charge in [0.25, 0.3) is 5.95 Å². The predicted molar refractivity (Wildman–Crippen MR) is 103 cm³/mol. The average Bonchev–Trinajstić information content (AvgIpc) is 3.41. The van der Waals surface area contributed by atoms with E-state index in [0.717, 1.165) is 45.9 Å². The molecule has 1 fully saturated rings. The maximum Gasteiger partial charge on any atom is 0.252 e. The van der Waals surface area contributed by atoms with E-state index in [9.17, 15) is 0 Å². The van der Waals surface area contributed by atoms with Gasteiger partial charge in [-0.1, -0.05) is 41.9 Å². The SMILES string of the molecule is Cc1nnc2n1-c1ccccc1C(c1ccc(Cl)cc1)=NN2CC1CC1. The van der Waals surface area contributed by atoms with Crippen molar-refractivity contribution in [2.45, 2.75) is 19.8 Å². The molecule has 1 aliphatic carbocycles. The molecule has 3 aromatic rings. The maximum atomic E-state index is 6.09. The topological polar surface area (TPSA) is 46.3 Å². The number of para-hydroxylation sites is 1. The second kappa shape index (κ2) is 5.95. The molecule has 5 nitrogen and oxygen atoms in total. The molecule has 6 heteroatoms. The summed E-state index contributed by atoms with van der Waals surface area (Å²) in [6.07, 6.45) is 2.50. The fraction of sp³-hybridized carbons (Fsp3) is 0.250. The van der Waals surface area contributed by atoms with Gasteiger partial charge >= 0.3 is 0 Å². The van der Waals surface area contributed by atoms with Crippen LogP contribution in [-0.2, 0) is 0 Å². The van der Waals surface area contributed by atoms with Crippen molar-refractivity contribution in [1.82, 2.24) is 14.8 Å². The highest BCUT2D eigenvalue weighted by Gasteiger charge is 2.31. The number of aromatic nitrogens is 3. The van der Waals surface area contributed by atoms with Gasteiger partial charge in [0.15, 0.2) is 0 Å². The number of rotatable bonds is 3. The monoisotopic (exact) mass is 363 g/mol. The van der Waals surface area contributed by atoms with Gasteiger partial charge in [-0.05, 0) is 43.9 Å². The molecule has 0 saturated heterocycles. The third-order valence-electron chi connectivity index (χ3n) is 4.91. The van der Waals surface area contributed by atoms with Gasteiger partial charge < -0.3 is 0 Å². The Morgan fingerprint density at radius 2 is 1.81 bits per heavy atom. The Balaban J connectivity index is 1.75. The quantitative estimate of drug-likeness (QED) is 0.700. The van der Waals surface area contributed by atoms with Crippen molar-refractivity contribution in [3.8, 4) is 5.69 Å². The van der Waals surface area contributed by atoms with Crippen LogP contribution in [0.4, 0.5) is 5.95 Å². The summed E-state index contributed by atoms with van der Waals surface area (Å²) in [6.45, 7) is 2.85. The summed E-state index contributed by atoms with van der Waals surface area (Å²) in [5.41, 5.74) is 4.09. The maximum absolute atomic E-state index is 6.09. The lowest BCUT2D eigenvalue weighted by Gasteiger charge is -2.17. The number of aryl methyl sites for hydroxylation is 1. The van der Waals surface area contributed by atoms with E-state index in [1.807, 2.05) is 48.3 Å². The van der Waals surface area contributed by atoms with Gasteiger partial charge in [0.2, 0.25) is 0 Å². The molecule has 0 bridgehead atoms. The molecule has 0 N–H and O–H groups in total. The van der Waals surface area contributed by atoms with Crippen LogP contribution in [0.15, 0.2) is 53.6 Å². The number of hydrazone groups is 1. The van der Waals surface area contributed by atoms with Gasteiger partial charge in [0, 0.05) is 22.7 Å². The highest BCUT2D eigenvalue weighted by molar-refractivity contribution is 6.30. The lowest BCUT2D eigenvalue weighted by atomic mass is 10.0. The van der Waals surface area contributed by atoms with Crippen molar-refractivity contribution in [2.24, 2.45) is 11.0 Å². The van der Waals surface area contributed by atoms with Crippen LogP contribution < -0.4 is 5.01 Å². The third kappa shape index (κ3) is 2.59. The summed E-state index contributed by atoms with van der Waals surface area (Å²) >= 11 is 6.09. The van der Waals surface area contributed by atoms with Crippen molar-refractivity contribution in [2.75, 3.05) is 11.6 Å². The highest BCUT2D eigenvalue weighted by Crippen LogP contribution is 2.34. The number of halogens is 1. The number of anilines is 1. The Kier molecular flexibility index (Phi) is 3.57. The lowest BCUT2D eigenvalue weighted by molar-refractivity contribution is 0.723. The molecule has 1 aromatic heterocycles. The molecule has 0 radical (unpaired) electrons. The van der Waals surface area contributed by atoms with Crippen molar-refractivity contribution >= 4 is 23.3 Å². The molecular weight excluding hydrogens is 346 g/mol. The van der Waals surface area contributed by atoms with E-state index in [0.29, 0.717) is 5.92 Å². The first-order chi connectivity index (χ1) is 12.7. The number of hydrogen-bond acceptors (Lipinski definition) is 4. The van der Waals surface area contributed by atoms with Crippen LogP contribution in [0, 0.1) is 12.8 Å². The first-order valence-corrected chi connectivity index (χ1v) is 9.22. The molecule has 2 heterocycles. The summed E-state index contributed by atoms with van der Waals surface area (Å²) < 4.78 is 2.10. The van der Waals surface area contributed by atoms with E-state index in [1.165, 1.54) is 12.8 Å². The van der Waals surface area contributed by atoms with E-state index in [4.69, 9.17) is 16.7 Å². The van der Waals surface area contributed by atoms with Crippen molar-refractivity contribution in [3.63, 3.8) is 0 Å². The predicted octanol–water partition coefficient (Wildman–Crippen LogP) is 4.21. The third-order valence-corrected chi connectivity index (χ3v) is 5.16. The largest absolute Gasteiger partial charge is 0.263 e. The van der Waals surface area contributed by atoms with Gasteiger partial charge in [0.1, 0.15) is 11.5 Å². The average molecular weight is 364 g/mol. The van der Waals surface area contributed by atoms with E-state index >= 15 is 0 Å². The zero-order valence-electron chi connectivity index (χ0n) is 14.4. The molecule has 0 atom stereocenters. The first kappa shape index (κ1) is 15.6. The molecule has 2 aliphatic rings. The first-order valence-electron chi connectivity index (χ1n) is 8.84. The van der Waals surface area contributed by atoms with Gasteiger partial charge in [0.05, 0.1) is 5.69 Å². The van der Waals surface area contributed by atoms with Crippen LogP contribution in [-0.4, -0.2) is 27.0 Å². The summed E-state index contributed by atoms with van der Waals surface area (Å²) in [5, 5.41) is 16.5. The second-order valence-corrected chi connectivity index (χ2v) is 7.32. The zero-order valence-corrected chi connectivity index (χ0v) is 15.2. The Morgan fingerprint density at radius 3 is 2.58 bits per heavy atom. The minimum absolute atomic E-state index is 0.678. The van der Waals surface area contributed by atoms with E-state index in [2.05, 4.69) is 26.9 Å². The molecule has 2 aromatic carbocycles. The molecule has 5 rings (SSSR count). The Bertz CT molecular complexity index is 1000. The molecule has 26 heavy (non-hydrogen) atoms. The number of fused-ring (bicyclic) bond motifs is 3. The normalized spacial score (nSPS) is 15.9. The Hall–Kier alpha value is -2.66. The molecule has 1 saturated carbocycles.